The van der Waals surface area contributed by atoms with Gasteiger partial charge in [-0.25, -0.2) is 13.4 Å². The molecule has 0 spiro atoms. The molecular weight excluding hydrogens is 479 g/mol. The molecule has 0 saturated heterocycles. The molecule has 0 aliphatic rings. The quantitative estimate of drug-likeness (QED) is 0.500. The molecule has 31 heavy (non-hydrogen) atoms. The number of hydrogen-bond acceptors (Lipinski definition) is 6. The molecule has 13 heteroatoms. The summed E-state index contributed by atoms with van der Waals surface area (Å²) in [5.41, 5.74) is 0.576. The largest absolute Gasteiger partial charge is 0.573 e. The van der Waals surface area contributed by atoms with Gasteiger partial charge in [0.25, 0.3) is 10.0 Å². The molecule has 0 aliphatic heterocycles. The monoisotopic (exact) mass is 491 g/mol. The lowest BCUT2D eigenvalue weighted by molar-refractivity contribution is -0.274. The fraction of sp³-hybridized carbons (Fsp3) is 0.111. The van der Waals surface area contributed by atoms with E-state index in [4.69, 9.17) is 11.6 Å². The van der Waals surface area contributed by atoms with Crippen molar-refractivity contribution in [3.63, 3.8) is 0 Å². The van der Waals surface area contributed by atoms with Gasteiger partial charge in [-0.3, -0.25) is 9.52 Å². The molecule has 3 rings (SSSR count). The van der Waals surface area contributed by atoms with Crippen molar-refractivity contribution >= 4 is 49.7 Å². The highest BCUT2D eigenvalue weighted by atomic mass is 35.5. The number of carbonyl (C=O) groups excluding carboxylic acids is 1. The summed E-state index contributed by atoms with van der Waals surface area (Å²) in [6, 6.07) is 10.2. The van der Waals surface area contributed by atoms with E-state index in [2.05, 4.69) is 19.8 Å². The van der Waals surface area contributed by atoms with Crippen molar-refractivity contribution < 1.29 is 31.1 Å². The van der Waals surface area contributed by atoms with Crippen molar-refractivity contribution in [2.75, 3.05) is 10.0 Å². The van der Waals surface area contributed by atoms with Crippen LogP contribution in [0.15, 0.2) is 58.8 Å². The Hall–Kier alpha value is -2.83. The maximum absolute atomic E-state index is 12.4. The van der Waals surface area contributed by atoms with Crippen molar-refractivity contribution in [3.8, 4) is 5.75 Å². The van der Waals surface area contributed by atoms with Crippen LogP contribution in [0.25, 0.3) is 0 Å². The van der Waals surface area contributed by atoms with Crippen molar-refractivity contribution in [2.45, 2.75) is 17.7 Å². The van der Waals surface area contributed by atoms with E-state index >= 15 is 0 Å². The summed E-state index contributed by atoms with van der Waals surface area (Å²) in [6.45, 7) is 0. The van der Waals surface area contributed by atoms with Gasteiger partial charge in [0.2, 0.25) is 5.91 Å². The first-order valence-corrected chi connectivity index (χ1v) is 11.1. The second-order valence-corrected chi connectivity index (χ2v) is 8.98. The van der Waals surface area contributed by atoms with Gasteiger partial charge in [-0.1, -0.05) is 11.6 Å². The summed E-state index contributed by atoms with van der Waals surface area (Å²) in [5, 5.41) is 4.49. The Labute approximate surface area is 183 Å². The predicted molar refractivity (Wildman–Crippen MR) is 110 cm³/mol. The average molecular weight is 492 g/mol. The van der Waals surface area contributed by atoms with Crippen molar-refractivity contribution in [2.24, 2.45) is 0 Å². The van der Waals surface area contributed by atoms with E-state index < -0.39 is 28.0 Å². The molecule has 1 aromatic heterocycles. The van der Waals surface area contributed by atoms with Crippen LogP contribution < -0.4 is 14.8 Å². The number of halogens is 4. The lowest BCUT2D eigenvalue weighted by Gasteiger charge is -2.09. The summed E-state index contributed by atoms with van der Waals surface area (Å²) >= 11 is 6.75. The van der Waals surface area contributed by atoms with E-state index in [1.54, 1.807) is 0 Å². The maximum atomic E-state index is 12.4. The van der Waals surface area contributed by atoms with Crippen LogP contribution >= 0.6 is 22.9 Å². The fourth-order valence-corrected chi connectivity index (χ4v) is 4.42. The SMILES string of the molecule is O=C(Cc1csc(NS(=O)(=O)c2ccc(Cl)cc2)n1)Nc1ccc(OC(F)(F)F)cc1. The molecule has 0 bridgehead atoms. The third kappa shape index (κ3) is 6.84. The summed E-state index contributed by atoms with van der Waals surface area (Å²) < 4.78 is 67.3. The number of alkyl halides is 3. The number of nitrogens with zero attached hydrogens (tertiary/aromatic N) is 1. The summed E-state index contributed by atoms with van der Waals surface area (Å²) in [5.74, 6) is -0.899. The Morgan fingerprint density at radius 2 is 1.74 bits per heavy atom. The van der Waals surface area contributed by atoms with Crippen LogP contribution in [0, 0.1) is 0 Å². The van der Waals surface area contributed by atoms with Crippen LogP contribution in [0.2, 0.25) is 5.02 Å². The molecule has 7 nitrogen and oxygen atoms in total. The number of amides is 1. The molecule has 0 radical (unpaired) electrons. The van der Waals surface area contributed by atoms with Crippen LogP contribution in [0.5, 0.6) is 5.75 Å². The number of ether oxygens (including phenoxy) is 1. The van der Waals surface area contributed by atoms with Crippen LogP contribution in [0.4, 0.5) is 24.0 Å². The Morgan fingerprint density at radius 1 is 1.10 bits per heavy atom. The van der Waals surface area contributed by atoms with Crippen LogP contribution in [-0.4, -0.2) is 25.7 Å². The molecule has 164 valence electrons. The zero-order valence-electron chi connectivity index (χ0n) is 15.3. The number of aromatic nitrogens is 1. The molecule has 3 aromatic rings. The zero-order valence-corrected chi connectivity index (χ0v) is 17.7. The van der Waals surface area contributed by atoms with Gasteiger partial charge in [0.05, 0.1) is 17.0 Å². The zero-order chi connectivity index (χ0) is 22.6. The Morgan fingerprint density at radius 3 is 2.35 bits per heavy atom. The molecule has 2 aromatic carbocycles. The van der Waals surface area contributed by atoms with Gasteiger partial charge in [-0.2, -0.15) is 0 Å². The van der Waals surface area contributed by atoms with E-state index in [0.717, 1.165) is 23.5 Å². The molecule has 0 unspecified atom stereocenters. The average Bonchev–Trinajstić information content (AvgIpc) is 3.08. The van der Waals surface area contributed by atoms with Gasteiger partial charge in [-0.15, -0.1) is 24.5 Å². The second-order valence-electron chi connectivity index (χ2n) is 6.00. The molecule has 0 aliphatic carbocycles. The summed E-state index contributed by atoms with van der Waals surface area (Å²) in [6.07, 6.45) is -4.97. The minimum Gasteiger partial charge on any atom is -0.406 e. The van der Waals surface area contributed by atoms with Crippen molar-refractivity contribution in [1.29, 1.82) is 0 Å². The van der Waals surface area contributed by atoms with Gasteiger partial charge < -0.3 is 10.1 Å². The molecule has 0 fully saturated rings. The summed E-state index contributed by atoms with van der Waals surface area (Å²) in [7, 11) is -3.86. The fourth-order valence-electron chi connectivity index (χ4n) is 2.33. The number of anilines is 2. The van der Waals surface area contributed by atoms with Crippen LogP contribution in [-0.2, 0) is 21.2 Å². The molecule has 0 saturated carbocycles. The number of sulfonamides is 1. The van der Waals surface area contributed by atoms with E-state index in [9.17, 15) is 26.4 Å². The number of benzene rings is 2. The highest BCUT2D eigenvalue weighted by molar-refractivity contribution is 7.93. The normalized spacial score (nSPS) is 11.7. The Balaban J connectivity index is 1.58. The minimum absolute atomic E-state index is 0.00402. The van der Waals surface area contributed by atoms with Crippen LogP contribution in [0.3, 0.4) is 0 Å². The number of carbonyl (C=O) groups is 1. The summed E-state index contributed by atoms with van der Waals surface area (Å²) in [4.78, 5) is 16.2. The molecular formula is C18H13ClF3N3O4S2. The number of thiazole rings is 1. The van der Waals surface area contributed by atoms with Gasteiger partial charge in [0, 0.05) is 16.1 Å². The lowest BCUT2D eigenvalue weighted by Crippen LogP contribution is -2.17. The molecule has 1 heterocycles. The van der Waals surface area contributed by atoms with E-state index in [0.29, 0.717) is 10.7 Å². The van der Waals surface area contributed by atoms with Crippen molar-refractivity contribution in [3.05, 3.63) is 64.6 Å². The first kappa shape index (κ1) is 22.8. The molecule has 0 atom stereocenters. The Kier molecular flexibility index (Phi) is 6.72. The Bertz CT molecular complexity index is 1170. The predicted octanol–water partition coefficient (Wildman–Crippen LogP) is 4.68. The number of nitrogens with one attached hydrogen (secondary N) is 2. The smallest absolute Gasteiger partial charge is 0.406 e. The maximum Gasteiger partial charge on any atom is 0.573 e. The lowest BCUT2D eigenvalue weighted by atomic mass is 10.2. The standard InChI is InChI=1S/C18H13ClF3N3O4S2/c19-11-1-7-15(8-2-11)31(27,28)25-17-24-13(10-30-17)9-16(26)23-12-3-5-14(6-4-12)29-18(20,21)22/h1-8,10H,9H2,(H,23,26)(H,24,25). The third-order valence-corrected chi connectivity index (χ3v) is 6.15. The van der Waals surface area contributed by atoms with Crippen LogP contribution in [0.1, 0.15) is 5.69 Å². The highest BCUT2D eigenvalue weighted by Gasteiger charge is 2.31. The van der Waals surface area contributed by atoms with E-state index in [1.807, 2.05) is 0 Å². The topological polar surface area (TPSA) is 97.4 Å². The molecule has 2 N–H and O–H groups in total. The number of hydrogen-bond donors (Lipinski definition) is 2. The third-order valence-electron chi connectivity index (χ3n) is 3.61. The number of rotatable bonds is 7. The highest BCUT2D eigenvalue weighted by Crippen LogP contribution is 2.25. The van der Waals surface area contributed by atoms with E-state index in [1.165, 1.54) is 41.8 Å². The first-order valence-electron chi connectivity index (χ1n) is 8.39. The van der Waals surface area contributed by atoms with Gasteiger partial charge in [0.1, 0.15) is 5.75 Å². The van der Waals surface area contributed by atoms with Gasteiger partial charge >= 0.3 is 6.36 Å². The van der Waals surface area contributed by atoms with E-state index in [-0.39, 0.29) is 22.1 Å². The molecule has 1 amide bonds. The van der Waals surface area contributed by atoms with Gasteiger partial charge in [-0.05, 0) is 48.5 Å². The van der Waals surface area contributed by atoms with Crippen molar-refractivity contribution in [1.82, 2.24) is 4.98 Å². The first-order chi connectivity index (χ1) is 14.5. The minimum atomic E-state index is -4.80. The van der Waals surface area contributed by atoms with Gasteiger partial charge in [0.15, 0.2) is 5.13 Å². The second kappa shape index (κ2) is 9.12.